The van der Waals surface area contributed by atoms with Gasteiger partial charge in [-0.2, -0.15) is 0 Å². The van der Waals surface area contributed by atoms with Gasteiger partial charge in [-0.05, 0) is 23.3 Å². The number of carbonyl (C=O) groups is 2. The van der Waals surface area contributed by atoms with Crippen molar-refractivity contribution < 1.29 is 24.9 Å². The summed E-state index contributed by atoms with van der Waals surface area (Å²) in [5.41, 5.74) is -0.800. The predicted octanol–water partition coefficient (Wildman–Crippen LogP) is 1.43. The Bertz CT molecular complexity index is 805. The highest BCUT2D eigenvalue weighted by molar-refractivity contribution is 5.86. The molecule has 1 aliphatic rings. The Morgan fingerprint density at radius 1 is 1.12 bits per heavy atom. The molecule has 0 unspecified atom stereocenters. The van der Waals surface area contributed by atoms with E-state index in [2.05, 4.69) is 5.32 Å². The summed E-state index contributed by atoms with van der Waals surface area (Å²) in [4.78, 5) is 23.4. The molecule has 126 valence electrons. The lowest BCUT2D eigenvalue weighted by atomic mass is 9.76. The first kappa shape index (κ1) is 16.4. The van der Waals surface area contributed by atoms with Crippen molar-refractivity contribution in [3.05, 3.63) is 48.0 Å². The number of fused-ring (bicyclic) bond motifs is 1. The zero-order valence-corrected chi connectivity index (χ0v) is 13.1. The van der Waals surface area contributed by atoms with E-state index in [0.29, 0.717) is 5.56 Å². The normalized spacial score (nSPS) is 29.7. The molecule has 2 aromatic carbocycles. The van der Waals surface area contributed by atoms with Gasteiger partial charge in [-0.15, -0.1) is 0 Å². The second-order valence-corrected chi connectivity index (χ2v) is 6.39. The molecule has 2 aromatic rings. The lowest BCUT2D eigenvalue weighted by Gasteiger charge is -2.28. The fraction of sp³-hybridized carbons (Fsp3) is 0.333. The molecule has 4 N–H and O–H groups in total. The van der Waals surface area contributed by atoms with Crippen LogP contribution in [0.15, 0.2) is 42.5 Å². The summed E-state index contributed by atoms with van der Waals surface area (Å²) in [5, 5.41) is 33.6. The first-order valence-corrected chi connectivity index (χ1v) is 7.72. The molecule has 1 aliphatic heterocycles. The van der Waals surface area contributed by atoms with Gasteiger partial charge in [0.1, 0.15) is 11.6 Å². The number of aliphatic carboxylic acids is 2. The van der Waals surface area contributed by atoms with E-state index < -0.39 is 42.0 Å². The van der Waals surface area contributed by atoms with Crippen molar-refractivity contribution in [2.75, 3.05) is 6.61 Å². The summed E-state index contributed by atoms with van der Waals surface area (Å²) in [6, 6.07) is 12.1. The van der Waals surface area contributed by atoms with Gasteiger partial charge in [-0.3, -0.25) is 14.9 Å². The van der Waals surface area contributed by atoms with Crippen LogP contribution in [0.1, 0.15) is 18.4 Å². The maximum atomic E-state index is 11.7. The van der Waals surface area contributed by atoms with E-state index in [0.717, 1.165) is 10.8 Å². The van der Waals surface area contributed by atoms with Crippen molar-refractivity contribution in [1.29, 1.82) is 0 Å². The Balaban J connectivity index is 2.13. The largest absolute Gasteiger partial charge is 0.480 e. The molecule has 1 fully saturated rings. The van der Waals surface area contributed by atoms with Crippen LogP contribution >= 0.6 is 0 Å². The average Bonchev–Trinajstić information content (AvgIpc) is 2.88. The first-order chi connectivity index (χ1) is 11.4. The van der Waals surface area contributed by atoms with Crippen molar-refractivity contribution in [3.8, 4) is 0 Å². The number of carboxylic acids is 2. The molecular weight excluding hydrogens is 310 g/mol. The quantitative estimate of drug-likeness (QED) is 0.676. The van der Waals surface area contributed by atoms with Gasteiger partial charge in [0, 0.05) is 18.4 Å². The Kier molecular flexibility index (Phi) is 4.03. The number of aliphatic hydroxyl groups is 1. The highest BCUT2D eigenvalue weighted by Crippen LogP contribution is 2.42. The number of carboxylic acid groups (broad SMARTS) is 2. The van der Waals surface area contributed by atoms with E-state index in [1.165, 1.54) is 6.92 Å². The van der Waals surface area contributed by atoms with E-state index in [1.807, 2.05) is 36.4 Å². The topological polar surface area (TPSA) is 107 Å². The monoisotopic (exact) mass is 329 g/mol. The van der Waals surface area contributed by atoms with Crippen molar-refractivity contribution in [2.45, 2.75) is 24.4 Å². The van der Waals surface area contributed by atoms with Crippen LogP contribution in [0, 0.1) is 5.92 Å². The van der Waals surface area contributed by atoms with Crippen LogP contribution in [-0.4, -0.2) is 45.4 Å². The molecule has 1 heterocycles. The lowest BCUT2D eigenvalue weighted by molar-refractivity contribution is -0.146. The summed E-state index contributed by atoms with van der Waals surface area (Å²) in [7, 11) is 0. The van der Waals surface area contributed by atoms with E-state index in [4.69, 9.17) is 0 Å². The molecule has 0 radical (unpaired) electrons. The van der Waals surface area contributed by atoms with Crippen LogP contribution in [0.2, 0.25) is 0 Å². The van der Waals surface area contributed by atoms with Crippen LogP contribution in [0.3, 0.4) is 0 Å². The minimum absolute atomic E-state index is 0.420. The number of nitrogens with one attached hydrogen (secondary N) is 1. The summed E-state index contributed by atoms with van der Waals surface area (Å²) in [6.07, 6.45) is 0. The van der Waals surface area contributed by atoms with Gasteiger partial charge in [0.15, 0.2) is 0 Å². The maximum Gasteiger partial charge on any atom is 0.324 e. The predicted molar refractivity (Wildman–Crippen MR) is 87.9 cm³/mol. The molecule has 0 aromatic heterocycles. The van der Waals surface area contributed by atoms with Crippen LogP contribution in [0.4, 0.5) is 0 Å². The Labute approximate surface area is 138 Å². The third-order valence-electron chi connectivity index (χ3n) is 5.05. The number of aliphatic hydroxyl groups excluding tert-OH is 1. The molecule has 0 bridgehead atoms. The van der Waals surface area contributed by atoms with Crippen LogP contribution < -0.4 is 5.32 Å². The Hall–Kier alpha value is -2.44. The number of benzene rings is 2. The minimum Gasteiger partial charge on any atom is -0.480 e. The molecular formula is C18H19NO5. The average molecular weight is 329 g/mol. The van der Waals surface area contributed by atoms with Crippen molar-refractivity contribution in [3.63, 3.8) is 0 Å². The van der Waals surface area contributed by atoms with E-state index in [1.54, 1.807) is 6.07 Å². The lowest BCUT2D eigenvalue weighted by Crippen LogP contribution is -2.53. The van der Waals surface area contributed by atoms with Gasteiger partial charge in [0.25, 0.3) is 0 Å². The number of rotatable bonds is 4. The van der Waals surface area contributed by atoms with Crippen molar-refractivity contribution >= 4 is 22.7 Å². The molecule has 6 nitrogen and oxygen atoms in total. The van der Waals surface area contributed by atoms with Gasteiger partial charge < -0.3 is 15.3 Å². The zero-order chi connectivity index (χ0) is 17.5. The van der Waals surface area contributed by atoms with Gasteiger partial charge in [-0.1, -0.05) is 42.5 Å². The van der Waals surface area contributed by atoms with Crippen LogP contribution in [-0.2, 0) is 9.59 Å². The molecule has 0 amide bonds. The van der Waals surface area contributed by atoms with Crippen molar-refractivity contribution in [1.82, 2.24) is 5.32 Å². The summed E-state index contributed by atoms with van der Waals surface area (Å²) < 4.78 is 0. The highest BCUT2D eigenvalue weighted by atomic mass is 16.4. The fourth-order valence-electron chi connectivity index (χ4n) is 3.68. The van der Waals surface area contributed by atoms with Gasteiger partial charge in [0.05, 0.1) is 0 Å². The smallest absolute Gasteiger partial charge is 0.324 e. The Morgan fingerprint density at radius 3 is 2.38 bits per heavy atom. The standard InChI is InChI=1S/C18H19NO5/c1-18(17(23)24)13(9-20)14(15(19-18)16(21)22)12-7-6-10-4-2-3-5-11(10)8-12/h2-8,13-15,19-20H,9H2,1H3,(H,21,22)(H,23,24)/t13-,14-,15-,18+/m0/s1. The Morgan fingerprint density at radius 2 is 1.79 bits per heavy atom. The third-order valence-corrected chi connectivity index (χ3v) is 5.05. The zero-order valence-electron chi connectivity index (χ0n) is 13.1. The molecule has 3 rings (SSSR count). The van der Waals surface area contributed by atoms with E-state index in [9.17, 15) is 24.9 Å². The summed E-state index contributed by atoms with van der Waals surface area (Å²) >= 11 is 0. The maximum absolute atomic E-state index is 11.7. The molecule has 6 heteroatoms. The second-order valence-electron chi connectivity index (χ2n) is 6.39. The minimum atomic E-state index is -1.51. The van der Waals surface area contributed by atoms with Crippen LogP contribution in [0.5, 0.6) is 0 Å². The van der Waals surface area contributed by atoms with Gasteiger partial charge in [-0.25, -0.2) is 0 Å². The molecule has 0 spiro atoms. The highest BCUT2D eigenvalue weighted by Gasteiger charge is 2.57. The molecule has 24 heavy (non-hydrogen) atoms. The third kappa shape index (κ3) is 2.44. The number of hydrogen-bond donors (Lipinski definition) is 4. The SMILES string of the molecule is C[C@@]1(C(=O)O)N[C@H](C(=O)O)[C@@H](c2ccc3ccccc3c2)[C@@H]1CO. The molecule has 1 saturated heterocycles. The van der Waals surface area contributed by atoms with Crippen molar-refractivity contribution in [2.24, 2.45) is 5.92 Å². The summed E-state index contributed by atoms with van der Waals surface area (Å²) in [6.45, 7) is 1.00. The van der Waals surface area contributed by atoms with Gasteiger partial charge >= 0.3 is 11.9 Å². The second kappa shape index (κ2) is 5.89. The van der Waals surface area contributed by atoms with Gasteiger partial charge in [0.2, 0.25) is 0 Å². The molecule has 0 aliphatic carbocycles. The van der Waals surface area contributed by atoms with E-state index in [-0.39, 0.29) is 0 Å². The molecule has 4 atom stereocenters. The van der Waals surface area contributed by atoms with Crippen LogP contribution in [0.25, 0.3) is 10.8 Å². The first-order valence-electron chi connectivity index (χ1n) is 7.72. The fourth-order valence-corrected chi connectivity index (χ4v) is 3.68. The number of hydrogen-bond acceptors (Lipinski definition) is 4. The van der Waals surface area contributed by atoms with E-state index >= 15 is 0 Å². The summed E-state index contributed by atoms with van der Waals surface area (Å²) in [5.74, 6) is -3.69. The molecule has 0 saturated carbocycles.